The molecule has 0 heterocycles. The van der Waals surface area contributed by atoms with Gasteiger partial charge >= 0.3 is 267 Å². The molecule has 4 aliphatic rings. The largest absolute Gasteiger partial charge is 1.00 e. The minimum atomic E-state index is -2.40. The van der Waals surface area contributed by atoms with Crippen molar-refractivity contribution in [1.29, 1.82) is 0 Å². The molecule has 2 unspecified atom stereocenters. The van der Waals surface area contributed by atoms with E-state index in [0.717, 1.165) is 23.7 Å². The molecule has 6 rings (SSSR count). The van der Waals surface area contributed by atoms with Crippen LogP contribution in [0.1, 0.15) is 139 Å². The van der Waals surface area contributed by atoms with Crippen molar-refractivity contribution in [3.05, 3.63) is 80.2 Å². The van der Waals surface area contributed by atoms with E-state index in [1.165, 1.54) is 68.9 Å². The van der Waals surface area contributed by atoms with Gasteiger partial charge in [-0.2, -0.15) is 0 Å². The Morgan fingerprint density at radius 2 is 1.11 bits per heavy atom. The molecule has 0 aliphatic heterocycles. The first-order valence-corrected chi connectivity index (χ1v) is 21.2. The van der Waals surface area contributed by atoms with E-state index in [4.69, 9.17) is 0 Å². The number of benzene rings is 2. The molecule has 0 aromatic heterocycles. The topological polar surface area (TPSA) is 0 Å². The first-order valence-electron chi connectivity index (χ1n) is 17.3. The molecule has 0 bridgehead atoms. The van der Waals surface area contributed by atoms with Crippen molar-refractivity contribution < 1.29 is 46.1 Å². The second-order valence-corrected chi connectivity index (χ2v) is 22.8. The van der Waals surface area contributed by atoms with Crippen molar-refractivity contribution in [3.63, 3.8) is 0 Å². The molecule has 3 heteroatoms. The number of rotatable bonds is 6. The van der Waals surface area contributed by atoms with Crippen molar-refractivity contribution in [2.75, 3.05) is 0 Å². The molecule has 2 saturated carbocycles. The Bertz CT molecular complexity index is 1330. The Balaban J connectivity index is 0.00000221. The van der Waals surface area contributed by atoms with Gasteiger partial charge < -0.3 is 24.8 Å². The minimum absolute atomic E-state index is 0. The number of fused-ring (bicyclic) bond motifs is 3. The Morgan fingerprint density at radius 3 is 1.48 bits per heavy atom. The van der Waals surface area contributed by atoms with Crippen molar-refractivity contribution in [2.45, 2.75) is 128 Å². The van der Waals surface area contributed by atoms with Crippen LogP contribution in [-0.4, -0.2) is 3.21 Å². The van der Waals surface area contributed by atoms with Gasteiger partial charge in [0.25, 0.3) is 0 Å². The zero-order chi connectivity index (χ0) is 29.8. The Morgan fingerprint density at radius 1 is 0.682 bits per heavy atom. The van der Waals surface area contributed by atoms with Crippen LogP contribution in [0.5, 0.6) is 0 Å². The van der Waals surface area contributed by atoms with Crippen LogP contribution in [0.15, 0.2) is 57.9 Å². The number of halogens is 2. The van der Waals surface area contributed by atoms with Gasteiger partial charge in [-0.15, -0.1) is 0 Å². The van der Waals surface area contributed by atoms with Crippen LogP contribution in [0.2, 0.25) is 0 Å². The zero-order valence-corrected chi connectivity index (χ0v) is 32.7. The Labute approximate surface area is 289 Å². The summed E-state index contributed by atoms with van der Waals surface area (Å²) in [5, 5.41) is 0. The Kier molecular flexibility index (Phi) is 11.6. The van der Waals surface area contributed by atoms with Crippen molar-refractivity contribution >= 4 is 3.21 Å². The summed E-state index contributed by atoms with van der Waals surface area (Å²) in [4.78, 5) is 0. The average molecular weight is 711 g/mol. The van der Waals surface area contributed by atoms with Gasteiger partial charge in [-0.1, -0.05) is 0 Å². The summed E-state index contributed by atoms with van der Waals surface area (Å²) in [5.41, 5.74) is 9.70. The monoisotopic (exact) mass is 708 g/mol. The fourth-order valence-corrected chi connectivity index (χ4v) is 19.5. The van der Waals surface area contributed by atoms with Gasteiger partial charge in [-0.3, -0.25) is 0 Å². The molecular weight excluding hydrogens is 655 g/mol. The average Bonchev–Trinajstić information content (AvgIpc) is 3.77. The normalized spacial score (nSPS) is 19.8. The standard InChI is InChI=1S/C21H25.C15H26.C5H5.2ClH.Zr/c1-20(2,3)16-9-7-14-11-15-8-10-17(21(4,5)6)13-19(15)18(14)12-16;1-12(14-7-3-4-8-14)11-13(2)15-9-5-6-10-15;1-2-4-5-3-1;;;/h7-13H,1-6H3;12-15H,3-10H2,1-2H3;1-3H,4H2;2*1H;/q;;;;;+2/p-2. The molecule has 44 heavy (non-hydrogen) atoms. The summed E-state index contributed by atoms with van der Waals surface area (Å²) in [6.45, 7) is 19.7. The van der Waals surface area contributed by atoms with Gasteiger partial charge in [0.15, 0.2) is 0 Å². The van der Waals surface area contributed by atoms with Crippen molar-refractivity contribution in [2.24, 2.45) is 23.7 Å². The van der Waals surface area contributed by atoms with E-state index in [1.807, 2.05) is 3.28 Å². The van der Waals surface area contributed by atoms with Gasteiger partial charge in [0.1, 0.15) is 0 Å². The SMILES string of the molecule is CC([C](C(C)C1CCCC1)=[Zr+2]([C]1=CC=CC1)[CH]1c2ccc(C(C)(C)C)cc2-c2cc(C(C)(C)C)ccc21)C1CCCC1.[Cl-].[Cl-]. The quantitative estimate of drug-likeness (QED) is 0.364. The van der Waals surface area contributed by atoms with Crippen molar-refractivity contribution in [3.8, 4) is 11.1 Å². The third kappa shape index (κ3) is 6.92. The van der Waals surface area contributed by atoms with Gasteiger partial charge in [0, 0.05) is 0 Å². The second kappa shape index (κ2) is 14.2. The number of allylic oxidation sites excluding steroid dienone is 4. The summed E-state index contributed by atoms with van der Waals surface area (Å²) in [5.74, 6) is 3.35. The second-order valence-electron chi connectivity index (χ2n) is 16.4. The fourth-order valence-electron chi connectivity index (χ4n) is 9.01. The van der Waals surface area contributed by atoms with Crippen LogP contribution >= 0.6 is 0 Å². The van der Waals surface area contributed by atoms with E-state index in [9.17, 15) is 0 Å². The van der Waals surface area contributed by atoms with Gasteiger partial charge in [0.05, 0.1) is 0 Å². The molecule has 2 fully saturated rings. The predicted octanol–water partition coefficient (Wildman–Crippen LogP) is 5.65. The van der Waals surface area contributed by atoms with E-state index in [2.05, 4.69) is 113 Å². The molecule has 0 N–H and O–H groups in total. The molecule has 4 aliphatic carbocycles. The maximum Gasteiger partial charge on any atom is -1.00 e. The summed E-state index contributed by atoms with van der Waals surface area (Å²) >= 11 is -2.40. The molecule has 0 amide bonds. The summed E-state index contributed by atoms with van der Waals surface area (Å²) in [7, 11) is 0. The fraction of sp³-hybridized carbons (Fsp3) is 0.585. The van der Waals surface area contributed by atoms with E-state index in [-0.39, 0.29) is 35.6 Å². The van der Waals surface area contributed by atoms with Gasteiger partial charge in [-0.05, 0) is 0 Å². The third-order valence-corrected chi connectivity index (χ3v) is 21.0. The minimum Gasteiger partial charge on any atom is -1.00 e. The van der Waals surface area contributed by atoms with Crippen LogP contribution < -0.4 is 24.8 Å². The third-order valence-electron chi connectivity index (χ3n) is 11.7. The molecule has 2 aromatic rings. The van der Waals surface area contributed by atoms with E-state index in [1.54, 1.807) is 22.3 Å². The maximum atomic E-state index is 2.70. The molecule has 0 saturated heterocycles. The zero-order valence-electron chi connectivity index (χ0n) is 28.7. The first-order chi connectivity index (χ1) is 19.9. The van der Waals surface area contributed by atoms with Gasteiger partial charge in [-0.25, -0.2) is 0 Å². The molecule has 0 spiro atoms. The Hall–Kier alpha value is -0.747. The predicted molar refractivity (Wildman–Crippen MR) is 180 cm³/mol. The van der Waals surface area contributed by atoms with E-state index in [0.29, 0.717) is 3.63 Å². The first kappa shape index (κ1) is 36.1. The number of hydrogen-bond acceptors (Lipinski definition) is 0. The molecule has 2 atom stereocenters. The maximum absolute atomic E-state index is 2.70. The van der Waals surface area contributed by atoms with Crippen LogP contribution in [0.25, 0.3) is 11.1 Å². The van der Waals surface area contributed by atoms with E-state index >= 15 is 0 Å². The van der Waals surface area contributed by atoms with Crippen LogP contribution in [-0.2, 0) is 32.1 Å². The molecule has 0 radical (unpaired) electrons. The van der Waals surface area contributed by atoms with E-state index < -0.39 is 21.3 Å². The van der Waals surface area contributed by atoms with Crippen LogP contribution in [0.3, 0.4) is 0 Å². The summed E-state index contributed by atoms with van der Waals surface area (Å²) in [6, 6.07) is 15.4. The number of hydrogen-bond donors (Lipinski definition) is 0. The van der Waals surface area contributed by atoms with Crippen molar-refractivity contribution in [1.82, 2.24) is 0 Å². The summed E-state index contributed by atoms with van der Waals surface area (Å²) < 4.78 is 4.58. The summed E-state index contributed by atoms with van der Waals surface area (Å²) in [6.07, 6.45) is 20.3. The smallest absolute Gasteiger partial charge is 1.00 e. The molecule has 0 nitrogen and oxygen atoms in total. The van der Waals surface area contributed by atoms with Gasteiger partial charge in [0.2, 0.25) is 0 Å². The molecule has 238 valence electrons. The molecule has 2 aromatic carbocycles. The molecular formula is C41H56Cl2Zr. The van der Waals surface area contributed by atoms with Crippen LogP contribution in [0.4, 0.5) is 0 Å². The van der Waals surface area contributed by atoms with Crippen LogP contribution in [0, 0.1) is 23.7 Å².